The molecule has 0 radical (unpaired) electrons. The van der Waals surface area contributed by atoms with E-state index < -0.39 is 0 Å². The van der Waals surface area contributed by atoms with Gasteiger partial charge in [-0.3, -0.25) is 14.5 Å². The largest absolute Gasteiger partial charge is 0.469 e. The molecule has 0 amide bonds. The Morgan fingerprint density at radius 1 is 1.50 bits per heavy atom. The van der Waals surface area contributed by atoms with E-state index in [2.05, 4.69) is 22.2 Å². The Labute approximate surface area is 160 Å². The zero-order valence-electron chi connectivity index (χ0n) is 14.9. The number of hydrogen-bond acceptors (Lipinski definition) is 4. The van der Waals surface area contributed by atoms with Crippen molar-refractivity contribution >= 4 is 35.9 Å². The third kappa shape index (κ3) is 5.35. The lowest BCUT2D eigenvalue weighted by atomic mass is 9.99. The van der Waals surface area contributed by atoms with Crippen LogP contribution in [0.5, 0.6) is 0 Å². The molecule has 1 aliphatic heterocycles. The number of guanidine groups is 1. The number of nitrogens with one attached hydrogen (secondary N) is 1. The highest BCUT2D eigenvalue weighted by atomic mass is 127. The van der Waals surface area contributed by atoms with Crippen molar-refractivity contribution in [3.63, 3.8) is 0 Å². The first kappa shape index (κ1) is 20.7. The zero-order chi connectivity index (χ0) is 16.8. The van der Waals surface area contributed by atoms with E-state index in [9.17, 15) is 4.79 Å². The molecule has 2 unspecified atom stereocenters. The Bertz CT molecular complexity index is 560. The van der Waals surface area contributed by atoms with Crippen LogP contribution in [0.3, 0.4) is 0 Å². The fourth-order valence-electron chi connectivity index (χ4n) is 2.92. The van der Waals surface area contributed by atoms with Crippen molar-refractivity contribution < 1.29 is 9.53 Å². The van der Waals surface area contributed by atoms with E-state index >= 15 is 0 Å². The molecular weight excluding hydrogens is 421 g/mol. The van der Waals surface area contributed by atoms with Crippen LogP contribution in [0.25, 0.3) is 0 Å². The second-order valence-corrected chi connectivity index (χ2v) is 6.02. The predicted octanol–water partition coefficient (Wildman–Crippen LogP) is 1.29. The van der Waals surface area contributed by atoms with Crippen LogP contribution in [0.15, 0.2) is 17.4 Å². The Hall–Kier alpha value is -1.32. The van der Waals surface area contributed by atoms with E-state index in [-0.39, 0.29) is 41.8 Å². The van der Waals surface area contributed by atoms with E-state index in [1.807, 2.05) is 26.4 Å². The van der Waals surface area contributed by atoms with Gasteiger partial charge in [0.05, 0.1) is 19.2 Å². The number of aryl methyl sites for hydroxylation is 1. The average molecular weight is 449 g/mol. The minimum atomic E-state index is -0.133. The quantitative estimate of drug-likeness (QED) is 0.318. The third-order valence-corrected chi connectivity index (χ3v) is 4.17. The van der Waals surface area contributed by atoms with Gasteiger partial charge in [0.1, 0.15) is 0 Å². The molecule has 1 fully saturated rings. The molecule has 24 heavy (non-hydrogen) atoms. The van der Waals surface area contributed by atoms with Crippen LogP contribution in [0.1, 0.15) is 19.4 Å². The number of esters is 1. The average Bonchev–Trinajstić information content (AvgIpc) is 3.11. The van der Waals surface area contributed by atoms with Gasteiger partial charge >= 0.3 is 5.97 Å². The molecule has 2 atom stereocenters. The Morgan fingerprint density at radius 3 is 2.83 bits per heavy atom. The van der Waals surface area contributed by atoms with E-state index in [0.717, 1.165) is 25.5 Å². The number of aromatic nitrogens is 2. The fraction of sp³-hybridized carbons (Fsp3) is 0.688. The number of carbonyl (C=O) groups is 1. The molecule has 0 spiro atoms. The van der Waals surface area contributed by atoms with Gasteiger partial charge in [0, 0.05) is 39.4 Å². The molecule has 1 saturated heterocycles. The van der Waals surface area contributed by atoms with Crippen LogP contribution in [-0.4, -0.2) is 59.9 Å². The first-order valence-electron chi connectivity index (χ1n) is 8.13. The van der Waals surface area contributed by atoms with Crippen molar-refractivity contribution in [2.45, 2.75) is 20.3 Å². The summed E-state index contributed by atoms with van der Waals surface area (Å²) >= 11 is 0. The molecule has 136 valence electrons. The first-order valence-corrected chi connectivity index (χ1v) is 8.13. The first-order chi connectivity index (χ1) is 11.0. The third-order valence-electron chi connectivity index (χ3n) is 4.17. The standard InChI is InChI=1S/C16H27N5O2.HI/c1-5-17-16(18-7-6-13-8-19-20(3)10-13)21-9-12(2)14(11-21)15(22)23-4;/h8,10,12,14H,5-7,9,11H2,1-4H3,(H,17,18);1H. The maximum absolute atomic E-state index is 11.8. The normalized spacial score (nSPS) is 20.7. The molecule has 0 bridgehead atoms. The van der Waals surface area contributed by atoms with Crippen LogP contribution in [0.4, 0.5) is 0 Å². The van der Waals surface area contributed by atoms with Crippen molar-refractivity contribution in [3.05, 3.63) is 18.0 Å². The Kier molecular flexibility index (Phi) is 8.51. The molecule has 0 saturated carbocycles. The summed E-state index contributed by atoms with van der Waals surface area (Å²) in [6.07, 6.45) is 4.73. The van der Waals surface area contributed by atoms with Crippen LogP contribution in [0, 0.1) is 11.8 Å². The summed E-state index contributed by atoms with van der Waals surface area (Å²) in [6, 6.07) is 0. The number of ether oxygens (including phenoxy) is 1. The highest BCUT2D eigenvalue weighted by Crippen LogP contribution is 2.24. The number of nitrogens with zero attached hydrogens (tertiary/aromatic N) is 4. The van der Waals surface area contributed by atoms with E-state index in [4.69, 9.17) is 9.73 Å². The number of carbonyl (C=O) groups excluding carboxylic acids is 1. The minimum Gasteiger partial charge on any atom is -0.469 e. The molecule has 0 aliphatic carbocycles. The number of likely N-dealkylation sites (tertiary alicyclic amines) is 1. The molecule has 2 heterocycles. The lowest BCUT2D eigenvalue weighted by Gasteiger charge is -2.21. The van der Waals surface area contributed by atoms with Gasteiger partial charge in [0.25, 0.3) is 0 Å². The van der Waals surface area contributed by atoms with Crippen LogP contribution >= 0.6 is 24.0 Å². The summed E-state index contributed by atoms with van der Waals surface area (Å²) in [5.74, 6) is 0.924. The Balaban J connectivity index is 0.00000288. The van der Waals surface area contributed by atoms with Gasteiger partial charge in [-0.25, -0.2) is 0 Å². The smallest absolute Gasteiger partial charge is 0.310 e. The molecule has 7 nitrogen and oxygen atoms in total. The SMILES string of the molecule is CCNC(=NCCc1cnn(C)c1)N1CC(C)C(C(=O)OC)C1.I. The van der Waals surface area contributed by atoms with Gasteiger partial charge in [0.15, 0.2) is 5.96 Å². The summed E-state index contributed by atoms with van der Waals surface area (Å²) in [5.41, 5.74) is 1.18. The van der Waals surface area contributed by atoms with Gasteiger partial charge in [-0.15, -0.1) is 24.0 Å². The molecule has 1 N–H and O–H groups in total. The van der Waals surface area contributed by atoms with E-state index in [1.54, 1.807) is 4.68 Å². The summed E-state index contributed by atoms with van der Waals surface area (Å²) in [7, 11) is 3.36. The predicted molar refractivity (Wildman–Crippen MR) is 105 cm³/mol. The lowest BCUT2D eigenvalue weighted by Crippen LogP contribution is -2.40. The maximum atomic E-state index is 11.8. The van der Waals surface area contributed by atoms with Crippen LogP contribution in [-0.2, 0) is 23.0 Å². The highest BCUT2D eigenvalue weighted by Gasteiger charge is 2.36. The molecule has 1 aromatic rings. The second-order valence-electron chi connectivity index (χ2n) is 6.02. The summed E-state index contributed by atoms with van der Waals surface area (Å²) < 4.78 is 6.70. The number of methoxy groups -OCH3 is 1. The summed E-state index contributed by atoms with van der Waals surface area (Å²) in [6.45, 7) is 7.11. The summed E-state index contributed by atoms with van der Waals surface area (Å²) in [5, 5.41) is 7.48. The van der Waals surface area contributed by atoms with Gasteiger partial charge < -0.3 is 15.0 Å². The van der Waals surface area contributed by atoms with Gasteiger partial charge in [-0.05, 0) is 24.8 Å². The monoisotopic (exact) mass is 449 g/mol. The molecular formula is C16H28IN5O2. The molecule has 8 heteroatoms. The van der Waals surface area contributed by atoms with E-state index in [1.165, 1.54) is 12.7 Å². The topological polar surface area (TPSA) is 71.8 Å². The van der Waals surface area contributed by atoms with Gasteiger partial charge in [-0.1, -0.05) is 6.92 Å². The number of rotatable bonds is 5. The van der Waals surface area contributed by atoms with Crippen LogP contribution < -0.4 is 5.32 Å². The van der Waals surface area contributed by atoms with Crippen molar-refractivity contribution in [2.24, 2.45) is 23.9 Å². The lowest BCUT2D eigenvalue weighted by molar-refractivity contribution is -0.145. The zero-order valence-corrected chi connectivity index (χ0v) is 17.2. The Morgan fingerprint density at radius 2 is 2.25 bits per heavy atom. The molecule has 0 aromatic carbocycles. The van der Waals surface area contributed by atoms with Gasteiger partial charge in [-0.2, -0.15) is 5.10 Å². The minimum absolute atomic E-state index is 0. The maximum Gasteiger partial charge on any atom is 0.310 e. The number of halogens is 1. The molecule has 1 aliphatic rings. The van der Waals surface area contributed by atoms with Crippen molar-refractivity contribution in [1.82, 2.24) is 20.0 Å². The van der Waals surface area contributed by atoms with Crippen molar-refractivity contribution in [3.8, 4) is 0 Å². The summed E-state index contributed by atoms with van der Waals surface area (Å²) in [4.78, 5) is 18.7. The van der Waals surface area contributed by atoms with E-state index in [0.29, 0.717) is 13.1 Å². The fourth-order valence-corrected chi connectivity index (χ4v) is 2.92. The van der Waals surface area contributed by atoms with Crippen molar-refractivity contribution in [2.75, 3.05) is 33.3 Å². The number of hydrogen-bond donors (Lipinski definition) is 1. The van der Waals surface area contributed by atoms with Crippen LogP contribution in [0.2, 0.25) is 0 Å². The second kappa shape index (κ2) is 9.85. The van der Waals surface area contributed by atoms with Crippen molar-refractivity contribution in [1.29, 1.82) is 0 Å². The molecule has 2 rings (SSSR count). The van der Waals surface area contributed by atoms with Gasteiger partial charge in [0.2, 0.25) is 0 Å². The highest BCUT2D eigenvalue weighted by molar-refractivity contribution is 14.0. The molecule has 1 aromatic heterocycles. The number of aliphatic imine (C=N–C) groups is 1.